The maximum absolute atomic E-state index is 12.7. The number of nitrogens with two attached hydrogens (primary N) is 1. The van der Waals surface area contributed by atoms with Gasteiger partial charge < -0.3 is 11.1 Å². The summed E-state index contributed by atoms with van der Waals surface area (Å²) in [6.07, 6.45) is 1.91. The average molecular weight is 209 g/mol. The predicted octanol–water partition coefficient (Wildman–Crippen LogP) is 1.06. The van der Waals surface area contributed by atoms with Gasteiger partial charge in [-0.2, -0.15) is 4.39 Å². The van der Waals surface area contributed by atoms with Crippen LogP contribution in [0.15, 0.2) is 30.9 Å². The van der Waals surface area contributed by atoms with Crippen LogP contribution in [0.3, 0.4) is 0 Å². The van der Waals surface area contributed by atoms with Gasteiger partial charge >= 0.3 is 0 Å². The number of pyridine rings is 1. The Bertz CT molecular complexity index is 367. The Balaban J connectivity index is 2.62. The first kappa shape index (κ1) is 11.3. The highest BCUT2D eigenvalue weighted by atomic mass is 19.1. The molecule has 1 aromatic rings. The summed E-state index contributed by atoms with van der Waals surface area (Å²) in [4.78, 5) is 14.8. The van der Waals surface area contributed by atoms with E-state index in [1.165, 1.54) is 18.2 Å². The molecule has 0 saturated heterocycles. The van der Waals surface area contributed by atoms with Crippen LogP contribution in [0.4, 0.5) is 10.2 Å². The van der Waals surface area contributed by atoms with Crippen LogP contribution in [0.2, 0.25) is 0 Å². The quantitative estimate of drug-likeness (QED) is 0.575. The molecule has 0 fully saturated rings. The number of carbonyl (C=O) groups excluding carboxylic acids is 1. The highest BCUT2D eigenvalue weighted by Crippen LogP contribution is 2.04. The third-order valence-corrected chi connectivity index (χ3v) is 1.72. The maximum Gasteiger partial charge on any atom is 0.242 e. The molecule has 1 unspecified atom stereocenters. The second kappa shape index (κ2) is 5.21. The first-order chi connectivity index (χ1) is 7.13. The SMILES string of the molecule is C=CCC(N)C(=O)Nc1cccc(F)n1. The van der Waals surface area contributed by atoms with E-state index >= 15 is 0 Å². The van der Waals surface area contributed by atoms with Crippen LogP contribution in [-0.2, 0) is 4.79 Å². The number of nitrogens with one attached hydrogen (secondary N) is 1. The molecular formula is C10H12FN3O. The van der Waals surface area contributed by atoms with Crippen molar-refractivity contribution in [2.45, 2.75) is 12.5 Å². The molecular weight excluding hydrogens is 197 g/mol. The molecule has 1 aromatic heterocycles. The van der Waals surface area contributed by atoms with E-state index in [-0.39, 0.29) is 5.82 Å². The minimum absolute atomic E-state index is 0.152. The van der Waals surface area contributed by atoms with Gasteiger partial charge in [0.05, 0.1) is 6.04 Å². The first-order valence-electron chi connectivity index (χ1n) is 4.43. The van der Waals surface area contributed by atoms with Crippen molar-refractivity contribution in [3.05, 3.63) is 36.8 Å². The number of amides is 1. The first-order valence-corrected chi connectivity index (χ1v) is 4.43. The van der Waals surface area contributed by atoms with Gasteiger partial charge in [-0.25, -0.2) is 4.98 Å². The van der Waals surface area contributed by atoms with Gasteiger partial charge in [-0.1, -0.05) is 12.1 Å². The van der Waals surface area contributed by atoms with Crippen molar-refractivity contribution in [1.82, 2.24) is 4.98 Å². The van der Waals surface area contributed by atoms with Gasteiger partial charge in [0, 0.05) is 0 Å². The average Bonchev–Trinajstić information content (AvgIpc) is 2.18. The van der Waals surface area contributed by atoms with Crippen LogP contribution in [0.25, 0.3) is 0 Å². The normalized spacial score (nSPS) is 11.9. The Morgan fingerprint density at radius 2 is 2.47 bits per heavy atom. The maximum atomic E-state index is 12.7. The van der Waals surface area contributed by atoms with E-state index in [1.54, 1.807) is 6.08 Å². The van der Waals surface area contributed by atoms with Crippen molar-refractivity contribution in [2.75, 3.05) is 5.32 Å². The van der Waals surface area contributed by atoms with Crippen molar-refractivity contribution in [2.24, 2.45) is 5.73 Å². The summed E-state index contributed by atoms with van der Waals surface area (Å²) in [6.45, 7) is 3.47. The summed E-state index contributed by atoms with van der Waals surface area (Å²) in [5.74, 6) is -0.905. The van der Waals surface area contributed by atoms with Crippen LogP contribution in [0.1, 0.15) is 6.42 Å². The Morgan fingerprint density at radius 1 is 1.73 bits per heavy atom. The predicted molar refractivity (Wildman–Crippen MR) is 55.6 cm³/mol. The Hall–Kier alpha value is -1.75. The molecule has 1 amide bonds. The molecule has 1 atom stereocenters. The van der Waals surface area contributed by atoms with Gasteiger partial charge in [0.25, 0.3) is 0 Å². The van der Waals surface area contributed by atoms with Gasteiger partial charge in [0.2, 0.25) is 11.9 Å². The lowest BCUT2D eigenvalue weighted by molar-refractivity contribution is -0.117. The fraction of sp³-hybridized carbons (Fsp3) is 0.200. The van der Waals surface area contributed by atoms with Crippen molar-refractivity contribution in [3.8, 4) is 0 Å². The minimum atomic E-state index is -0.687. The molecule has 5 heteroatoms. The molecule has 1 rings (SSSR count). The molecule has 80 valence electrons. The smallest absolute Gasteiger partial charge is 0.242 e. The molecule has 0 bridgehead atoms. The van der Waals surface area contributed by atoms with Gasteiger partial charge in [0.1, 0.15) is 5.82 Å². The number of carbonyl (C=O) groups is 1. The lowest BCUT2D eigenvalue weighted by atomic mass is 10.2. The Labute approximate surface area is 87.0 Å². The number of nitrogens with zero attached hydrogens (tertiary/aromatic N) is 1. The summed E-state index contributed by atoms with van der Waals surface area (Å²) >= 11 is 0. The van der Waals surface area contributed by atoms with Crippen LogP contribution in [0.5, 0.6) is 0 Å². The summed E-state index contributed by atoms with van der Waals surface area (Å²) < 4.78 is 12.7. The summed E-state index contributed by atoms with van der Waals surface area (Å²) in [5, 5.41) is 2.40. The molecule has 0 saturated carbocycles. The Kier molecular flexibility index (Phi) is 3.93. The minimum Gasteiger partial charge on any atom is -0.320 e. The van der Waals surface area contributed by atoms with Crippen LogP contribution in [0, 0.1) is 5.95 Å². The third kappa shape index (κ3) is 3.47. The van der Waals surface area contributed by atoms with Crippen LogP contribution in [-0.4, -0.2) is 16.9 Å². The highest BCUT2D eigenvalue weighted by Gasteiger charge is 2.12. The molecule has 0 aliphatic carbocycles. The van der Waals surface area contributed by atoms with Gasteiger partial charge in [-0.05, 0) is 18.6 Å². The number of aromatic nitrogens is 1. The zero-order valence-electron chi connectivity index (χ0n) is 8.11. The van der Waals surface area contributed by atoms with E-state index in [9.17, 15) is 9.18 Å². The van der Waals surface area contributed by atoms with E-state index < -0.39 is 17.9 Å². The van der Waals surface area contributed by atoms with E-state index in [2.05, 4.69) is 16.9 Å². The molecule has 1 heterocycles. The second-order valence-electron chi connectivity index (χ2n) is 2.97. The number of hydrogen-bond acceptors (Lipinski definition) is 3. The molecule has 0 aliphatic rings. The van der Waals surface area contributed by atoms with Gasteiger partial charge in [-0.15, -0.1) is 6.58 Å². The standard InChI is InChI=1S/C10H12FN3O/c1-2-4-7(12)10(15)14-9-6-3-5-8(11)13-9/h2-3,5-7H,1,4,12H2,(H,13,14,15). The fourth-order valence-corrected chi connectivity index (χ4v) is 0.983. The molecule has 0 radical (unpaired) electrons. The Morgan fingerprint density at radius 3 is 3.07 bits per heavy atom. The topological polar surface area (TPSA) is 68.0 Å². The van der Waals surface area contributed by atoms with E-state index in [1.807, 2.05) is 0 Å². The summed E-state index contributed by atoms with van der Waals surface area (Å²) in [6, 6.07) is 3.45. The zero-order chi connectivity index (χ0) is 11.3. The monoisotopic (exact) mass is 209 g/mol. The molecule has 0 aliphatic heterocycles. The molecule has 0 spiro atoms. The summed E-state index contributed by atoms with van der Waals surface area (Å²) in [5.41, 5.74) is 5.51. The van der Waals surface area contributed by atoms with Crippen molar-refractivity contribution < 1.29 is 9.18 Å². The van der Waals surface area contributed by atoms with E-state index in [0.29, 0.717) is 6.42 Å². The number of rotatable bonds is 4. The molecule has 4 nitrogen and oxygen atoms in total. The van der Waals surface area contributed by atoms with Crippen LogP contribution >= 0.6 is 0 Å². The number of halogens is 1. The third-order valence-electron chi connectivity index (χ3n) is 1.72. The van der Waals surface area contributed by atoms with Gasteiger partial charge in [0.15, 0.2) is 0 Å². The van der Waals surface area contributed by atoms with Gasteiger partial charge in [-0.3, -0.25) is 4.79 Å². The largest absolute Gasteiger partial charge is 0.320 e. The van der Waals surface area contributed by atoms with Crippen molar-refractivity contribution in [1.29, 1.82) is 0 Å². The lowest BCUT2D eigenvalue weighted by Gasteiger charge is -2.09. The van der Waals surface area contributed by atoms with Crippen molar-refractivity contribution in [3.63, 3.8) is 0 Å². The van der Waals surface area contributed by atoms with E-state index in [4.69, 9.17) is 5.73 Å². The van der Waals surface area contributed by atoms with Crippen LogP contribution < -0.4 is 11.1 Å². The second-order valence-corrected chi connectivity index (χ2v) is 2.97. The zero-order valence-corrected chi connectivity index (χ0v) is 8.11. The van der Waals surface area contributed by atoms with E-state index in [0.717, 1.165) is 0 Å². The highest BCUT2D eigenvalue weighted by molar-refractivity contribution is 5.93. The summed E-state index contributed by atoms with van der Waals surface area (Å²) in [7, 11) is 0. The van der Waals surface area contributed by atoms with Crippen molar-refractivity contribution >= 4 is 11.7 Å². The molecule has 15 heavy (non-hydrogen) atoms. The lowest BCUT2D eigenvalue weighted by Crippen LogP contribution is -2.35. The number of anilines is 1. The molecule has 3 N–H and O–H groups in total. The fourth-order valence-electron chi connectivity index (χ4n) is 0.983. The number of hydrogen-bond donors (Lipinski definition) is 2. The molecule has 0 aromatic carbocycles.